The second-order valence-electron chi connectivity index (χ2n) is 5.94. The van der Waals surface area contributed by atoms with Gasteiger partial charge >= 0.3 is 0 Å². The minimum Gasteiger partial charge on any atom is -0.381 e. The first kappa shape index (κ1) is 17.8. The summed E-state index contributed by atoms with van der Waals surface area (Å²) in [4.78, 5) is 13.9. The third-order valence-electron chi connectivity index (χ3n) is 4.15. The molecule has 0 amide bonds. The fourth-order valence-corrected chi connectivity index (χ4v) is 3.86. The maximum Gasteiger partial charge on any atom is 0.156 e. The van der Waals surface area contributed by atoms with Crippen molar-refractivity contribution in [1.29, 1.82) is 0 Å². The number of nitrogen functional groups attached to an aromatic ring is 1. The molecule has 27 heavy (non-hydrogen) atoms. The van der Waals surface area contributed by atoms with E-state index < -0.39 is 0 Å². The van der Waals surface area contributed by atoms with Crippen LogP contribution < -0.4 is 5.73 Å². The molecule has 4 aromatic rings. The third-order valence-corrected chi connectivity index (χ3v) is 5.30. The van der Waals surface area contributed by atoms with Crippen LogP contribution in [0, 0.1) is 0 Å². The van der Waals surface area contributed by atoms with Crippen molar-refractivity contribution in [1.82, 2.24) is 15.0 Å². The van der Waals surface area contributed by atoms with Crippen LogP contribution in [0.4, 0.5) is 5.82 Å². The van der Waals surface area contributed by atoms with Gasteiger partial charge in [-0.2, -0.15) is 0 Å². The molecule has 0 spiro atoms. The van der Waals surface area contributed by atoms with Gasteiger partial charge in [0, 0.05) is 22.7 Å². The first-order valence-electron chi connectivity index (χ1n) is 8.57. The molecule has 2 aromatic carbocycles. The van der Waals surface area contributed by atoms with Crippen LogP contribution in [0.5, 0.6) is 0 Å². The maximum absolute atomic E-state index is 6.50. The summed E-state index contributed by atoms with van der Waals surface area (Å²) < 4.78 is 0. The van der Waals surface area contributed by atoms with Crippen LogP contribution in [0.25, 0.3) is 33.4 Å². The van der Waals surface area contributed by atoms with E-state index in [9.17, 15) is 0 Å². The van der Waals surface area contributed by atoms with Crippen LogP contribution in [0.3, 0.4) is 0 Å². The molecule has 0 atom stereocenters. The zero-order chi connectivity index (χ0) is 18.8. The normalized spacial score (nSPS) is 11.0. The fraction of sp³-hybridized carbons (Fsp3) is 0.0952. The summed E-state index contributed by atoms with van der Waals surface area (Å²) in [5.74, 6) is 1.31. The Labute approximate surface area is 166 Å². The first-order valence-corrected chi connectivity index (χ1v) is 9.94. The lowest BCUT2D eigenvalue weighted by Gasteiger charge is -2.13. The number of anilines is 1. The van der Waals surface area contributed by atoms with Crippen LogP contribution in [0.1, 0.15) is 6.92 Å². The van der Waals surface area contributed by atoms with Crippen LogP contribution in [0.2, 0.25) is 5.02 Å². The lowest BCUT2D eigenvalue weighted by Crippen LogP contribution is -2.02. The molecular formula is C21H17ClN4S. The van der Waals surface area contributed by atoms with E-state index in [2.05, 4.69) is 16.9 Å². The average Bonchev–Trinajstić information content (AvgIpc) is 2.70. The number of nitrogens with two attached hydrogens (primary N) is 1. The molecule has 134 valence electrons. The molecule has 0 unspecified atom stereocenters. The Bertz CT molecular complexity index is 1120. The summed E-state index contributed by atoms with van der Waals surface area (Å²) in [5, 5.41) is 2.28. The molecule has 0 fully saturated rings. The molecule has 2 aromatic heterocycles. The van der Waals surface area contributed by atoms with E-state index in [-0.39, 0.29) is 0 Å². The van der Waals surface area contributed by atoms with E-state index in [1.54, 1.807) is 18.0 Å². The van der Waals surface area contributed by atoms with Gasteiger partial charge in [-0.3, -0.25) is 4.98 Å². The summed E-state index contributed by atoms with van der Waals surface area (Å²) in [6.07, 6.45) is 1.74. The standard InChI is InChI=1S/C21H17ClN4S/c1-2-27-21-20(23)25-18(13-7-4-3-5-8-13)19(26-21)15-11-14-9-6-10-24-17(14)16(22)12-15/h3-12H,2H2,1H3,(H2,23,25). The molecule has 0 saturated carbocycles. The Morgan fingerprint density at radius 2 is 1.74 bits per heavy atom. The molecule has 4 nitrogen and oxygen atoms in total. The Morgan fingerprint density at radius 3 is 2.52 bits per heavy atom. The van der Waals surface area contributed by atoms with Crippen molar-refractivity contribution in [2.45, 2.75) is 11.9 Å². The number of rotatable bonds is 4. The van der Waals surface area contributed by atoms with Crippen molar-refractivity contribution < 1.29 is 0 Å². The van der Waals surface area contributed by atoms with E-state index in [1.165, 1.54) is 0 Å². The molecule has 2 N–H and O–H groups in total. The lowest BCUT2D eigenvalue weighted by molar-refractivity contribution is 1.08. The number of nitrogens with zero attached hydrogens (tertiary/aromatic N) is 3. The highest BCUT2D eigenvalue weighted by Gasteiger charge is 2.17. The first-order chi connectivity index (χ1) is 13.2. The SMILES string of the molecule is CCSc1nc(-c2cc(Cl)c3ncccc3c2)c(-c2ccccc2)nc1N. The van der Waals surface area contributed by atoms with E-state index in [4.69, 9.17) is 22.3 Å². The number of halogens is 1. The number of pyridine rings is 1. The minimum absolute atomic E-state index is 0.443. The number of hydrogen-bond donors (Lipinski definition) is 1. The highest BCUT2D eigenvalue weighted by molar-refractivity contribution is 7.99. The molecule has 2 heterocycles. The fourth-order valence-electron chi connectivity index (χ4n) is 2.96. The zero-order valence-corrected chi connectivity index (χ0v) is 16.3. The Hall–Kier alpha value is -2.63. The van der Waals surface area contributed by atoms with Crippen molar-refractivity contribution in [2.75, 3.05) is 11.5 Å². The van der Waals surface area contributed by atoms with Crippen molar-refractivity contribution >= 4 is 40.1 Å². The van der Waals surface area contributed by atoms with Crippen molar-refractivity contribution in [2.24, 2.45) is 0 Å². The molecule has 0 aliphatic heterocycles. The van der Waals surface area contributed by atoms with Gasteiger partial charge in [-0.1, -0.05) is 54.9 Å². The summed E-state index contributed by atoms with van der Waals surface area (Å²) in [6, 6.07) is 17.8. The van der Waals surface area contributed by atoms with Gasteiger partial charge in [0.25, 0.3) is 0 Å². The number of benzene rings is 2. The predicted octanol–water partition coefficient (Wildman–Crippen LogP) is 5.71. The Morgan fingerprint density at radius 1 is 0.963 bits per heavy atom. The highest BCUT2D eigenvalue weighted by Crippen LogP contribution is 2.36. The second-order valence-corrected chi connectivity index (χ2v) is 7.60. The number of fused-ring (bicyclic) bond motifs is 1. The molecule has 0 aliphatic carbocycles. The molecular weight excluding hydrogens is 376 g/mol. The summed E-state index contributed by atoms with van der Waals surface area (Å²) in [5.41, 5.74) is 10.3. The lowest BCUT2D eigenvalue weighted by atomic mass is 10.0. The quantitative estimate of drug-likeness (QED) is 0.451. The Kier molecular flexibility index (Phi) is 4.97. The number of aromatic nitrogens is 3. The van der Waals surface area contributed by atoms with Crippen LogP contribution in [-0.4, -0.2) is 20.7 Å². The smallest absolute Gasteiger partial charge is 0.156 e. The van der Waals surface area contributed by atoms with Gasteiger partial charge in [-0.25, -0.2) is 9.97 Å². The van der Waals surface area contributed by atoms with Gasteiger partial charge < -0.3 is 5.73 Å². The second kappa shape index (κ2) is 7.55. The summed E-state index contributed by atoms with van der Waals surface area (Å²) in [7, 11) is 0. The molecule has 0 saturated heterocycles. The molecule has 0 bridgehead atoms. The van der Waals surface area contributed by atoms with E-state index in [0.29, 0.717) is 10.8 Å². The van der Waals surface area contributed by atoms with Gasteiger partial charge in [-0.15, -0.1) is 11.8 Å². The van der Waals surface area contributed by atoms with Crippen LogP contribution >= 0.6 is 23.4 Å². The van der Waals surface area contributed by atoms with Gasteiger partial charge in [0.2, 0.25) is 0 Å². The summed E-state index contributed by atoms with van der Waals surface area (Å²) >= 11 is 8.08. The Balaban J connectivity index is 1.99. The van der Waals surface area contributed by atoms with Gasteiger partial charge in [-0.05, 0) is 24.0 Å². The maximum atomic E-state index is 6.50. The van der Waals surface area contributed by atoms with E-state index in [0.717, 1.165) is 44.2 Å². The third kappa shape index (κ3) is 3.48. The molecule has 4 rings (SSSR count). The van der Waals surface area contributed by atoms with E-state index >= 15 is 0 Å². The number of thioether (sulfide) groups is 1. The van der Waals surface area contributed by atoms with Crippen LogP contribution in [0.15, 0.2) is 65.8 Å². The minimum atomic E-state index is 0.443. The molecule has 0 aliphatic rings. The van der Waals surface area contributed by atoms with Gasteiger partial charge in [0.1, 0.15) is 5.03 Å². The predicted molar refractivity (Wildman–Crippen MR) is 114 cm³/mol. The largest absolute Gasteiger partial charge is 0.381 e. The molecule has 6 heteroatoms. The average molecular weight is 393 g/mol. The van der Waals surface area contributed by atoms with Gasteiger partial charge in [0.05, 0.1) is 21.9 Å². The zero-order valence-electron chi connectivity index (χ0n) is 14.7. The monoisotopic (exact) mass is 392 g/mol. The van der Waals surface area contributed by atoms with Crippen molar-refractivity contribution in [3.63, 3.8) is 0 Å². The highest BCUT2D eigenvalue weighted by atomic mass is 35.5. The summed E-state index contributed by atoms with van der Waals surface area (Å²) in [6.45, 7) is 2.06. The number of hydrogen-bond acceptors (Lipinski definition) is 5. The molecule has 0 radical (unpaired) electrons. The van der Waals surface area contributed by atoms with Crippen LogP contribution in [-0.2, 0) is 0 Å². The van der Waals surface area contributed by atoms with Gasteiger partial charge in [0.15, 0.2) is 5.82 Å². The van der Waals surface area contributed by atoms with E-state index in [1.807, 2.05) is 54.6 Å². The topological polar surface area (TPSA) is 64.7 Å². The van der Waals surface area contributed by atoms with Crippen molar-refractivity contribution in [3.05, 3.63) is 65.8 Å². The van der Waals surface area contributed by atoms with Crippen molar-refractivity contribution in [3.8, 4) is 22.5 Å².